The molecule has 5 nitrogen and oxygen atoms in total. The summed E-state index contributed by atoms with van der Waals surface area (Å²) < 4.78 is 0. The van der Waals surface area contributed by atoms with Crippen molar-refractivity contribution in [1.29, 1.82) is 0 Å². The van der Waals surface area contributed by atoms with E-state index in [4.69, 9.17) is 10.2 Å². The highest BCUT2D eigenvalue weighted by Crippen LogP contribution is 2.15. The van der Waals surface area contributed by atoms with Crippen LogP contribution in [-0.4, -0.2) is 59.9 Å². The van der Waals surface area contributed by atoms with E-state index in [0.717, 1.165) is 0 Å². The number of amides is 1. The minimum atomic E-state index is -0.357. The van der Waals surface area contributed by atoms with E-state index in [9.17, 15) is 4.79 Å². The molecular weight excluding hydrogens is 196 g/mol. The number of rotatable bonds is 6. The summed E-state index contributed by atoms with van der Waals surface area (Å²) >= 11 is 0. The van der Waals surface area contributed by atoms with E-state index in [1.807, 2.05) is 0 Å². The van der Waals surface area contributed by atoms with E-state index < -0.39 is 0 Å². The van der Waals surface area contributed by atoms with Crippen LogP contribution < -0.4 is 5.32 Å². The normalized spacial score (nSPS) is 23.5. The SMILES string of the molecule is CC(O)CNCCN1CC(CO)CC1=O. The Labute approximate surface area is 90.1 Å². The maximum atomic E-state index is 11.4. The predicted octanol–water partition coefficient (Wildman–Crippen LogP) is -1.20. The van der Waals surface area contributed by atoms with Crippen LogP contribution in [0.4, 0.5) is 0 Å². The fraction of sp³-hybridized carbons (Fsp3) is 0.900. The maximum absolute atomic E-state index is 11.4. The Morgan fingerprint density at radius 2 is 2.40 bits per heavy atom. The second-order valence-electron chi connectivity index (χ2n) is 4.15. The van der Waals surface area contributed by atoms with Crippen LogP contribution in [0.3, 0.4) is 0 Å². The van der Waals surface area contributed by atoms with Crippen LogP contribution in [0.25, 0.3) is 0 Å². The van der Waals surface area contributed by atoms with Crippen LogP contribution in [-0.2, 0) is 4.79 Å². The van der Waals surface area contributed by atoms with Gasteiger partial charge in [0.2, 0.25) is 5.91 Å². The lowest BCUT2D eigenvalue weighted by Crippen LogP contribution is -2.35. The number of nitrogens with one attached hydrogen (secondary N) is 1. The van der Waals surface area contributed by atoms with Crippen molar-refractivity contribution in [3.63, 3.8) is 0 Å². The van der Waals surface area contributed by atoms with E-state index in [2.05, 4.69) is 5.32 Å². The van der Waals surface area contributed by atoms with Gasteiger partial charge < -0.3 is 20.4 Å². The molecule has 0 radical (unpaired) electrons. The third-order valence-electron chi connectivity index (χ3n) is 2.55. The zero-order valence-corrected chi connectivity index (χ0v) is 9.15. The van der Waals surface area contributed by atoms with Gasteiger partial charge in [-0.15, -0.1) is 0 Å². The third-order valence-corrected chi connectivity index (χ3v) is 2.55. The standard InChI is InChI=1S/C10H20N2O3/c1-8(14)5-11-2-3-12-6-9(7-13)4-10(12)15/h8-9,11,13-14H,2-7H2,1H3. The van der Waals surface area contributed by atoms with Gasteiger partial charge in [0.25, 0.3) is 0 Å². The monoisotopic (exact) mass is 216 g/mol. The summed E-state index contributed by atoms with van der Waals surface area (Å²) in [6.45, 7) is 4.35. The molecule has 1 rings (SSSR count). The molecule has 2 atom stereocenters. The summed E-state index contributed by atoms with van der Waals surface area (Å²) in [5.74, 6) is 0.224. The largest absolute Gasteiger partial charge is 0.396 e. The summed E-state index contributed by atoms with van der Waals surface area (Å²) in [5, 5.41) is 21.0. The first-order valence-corrected chi connectivity index (χ1v) is 5.41. The molecule has 0 aromatic rings. The number of aliphatic hydroxyl groups is 2. The zero-order valence-electron chi connectivity index (χ0n) is 9.15. The molecule has 1 fully saturated rings. The lowest BCUT2D eigenvalue weighted by atomic mass is 10.1. The Balaban J connectivity index is 2.14. The summed E-state index contributed by atoms with van der Waals surface area (Å²) in [6.07, 6.45) is 0.108. The van der Waals surface area contributed by atoms with E-state index in [-0.39, 0.29) is 24.5 Å². The molecule has 0 aromatic carbocycles. The van der Waals surface area contributed by atoms with Gasteiger partial charge in [0.1, 0.15) is 0 Å². The minimum absolute atomic E-state index is 0.0866. The fourth-order valence-electron chi connectivity index (χ4n) is 1.72. The molecule has 1 aliphatic rings. The van der Waals surface area contributed by atoms with E-state index in [1.54, 1.807) is 11.8 Å². The minimum Gasteiger partial charge on any atom is -0.396 e. The van der Waals surface area contributed by atoms with Gasteiger partial charge >= 0.3 is 0 Å². The molecule has 0 spiro atoms. The zero-order chi connectivity index (χ0) is 11.3. The molecule has 0 aliphatic carbocycles. The number of carbonyl (C=O) groups is 1. The highest BCUT2D eigenvalue weighted by Gasteiger charge is 2.28. The van der Waals surface area contributed by atoms with Crippen LogP contribution in [0.1, 0.15) is 13.3 Å². The first-order chi connectivity index (χ1) is 7.13. The first-order valence-electron chi connectivity index (χ1n) is 5.41. The molecule has 1 aliphatic heterocycles. The quantitative estimate of drug-likeness (QED) is 0.488. The molecule has 88 valence electrons. The van der Waals surface area contributed by atoms with Crippen molar-refractivity contribution in [2.45, 2.75) is 19.4 Å². The van der Waals surface area contributed by atoms with Crippen molar-refractivity contribution in [2.75, 3.05) is 32.8 Å². The number of hydrogen-bond donors (Lipinski definition) is 3. The summed E-state index contributed by atoms with van der Waals surface area (Å²) in [4.78, 5) is 13.2. The van der Waals surface area contributed by atoms with Gasteiger partial charge in [-0.2, -0.15) is 0 Å². The predicted molar refractivity (Wildman–Crippen MR) is 56.3 cm³/mol. The topological polar surface area (TPSA) is 72.8 Å². The van der Waals surface area contributed by atoms with Gasteiger partial charge in [-0.05, 0) is 6.92 Å². The van der Waals surface area contributed by atoms with Crippen molar-refractivity contribution in [3.8, 4) is 0 Å². The number of aliphatic hydroxyl groups excluding tert-OH is 2. The Kier molecular flexibility index (Phi) is 5.01. The van der Waals surface area contributed by atoms with E-state index in [0.29, 0.717) is 32.6 Å². The van der Waals surface area contributed by atoms with Crippen molar-refractivity contribution in [3.05, 3.63) is 0 Å². The molecule has 1 amide bonds. The Morgan fingerprint density at radius 1 is 1.67 bits per heavy atom. The highest BCUT2D eigenvalue weighted by molar-refractivity contribution is 5.78. The molecule has 5 heteroatoms. The van der Waals surface area contributed by atoms with Gasteiger partial charge in [-0.1, -0.05) is 0 Å². The fourth-order valence-corrected chi connectivity index (χ4v) is 1.72. The van der Waals surface area contributed by atoms with Gasteiger partial charge in [-0.3, -0.25) is 4.79 Å². The number of likely N-dealkylation sites (tertiary alicyclic amines) is 1. The second-order valence-corrected chi connectivity index (χ2v) is 4.15. The van der Waals surface area contributed by atoms with E-state index >= 15 is 0 Å². The van der Waals surface area contributed by atoms with Crippen molar-refractivity contribution < 1.29 is 15.0 Å². The average molecular weight is 216 g/mol. The molecule has 15 heavy (non-hydrogen) atoms. The molecule has 0 aromatic heterocycles. The lowest BCUT2D eigenvalue weighted by Gasteiger charge is -2.16. The third kappa shape index (κ3) is 4.15. The van der Waals surface area contributed by atoms with Crippen LogP contribution in [0, 0.1) is 5.92 Å². The number of hydrogen-bond acceptors (Lipinski definition) is 4. The average Bonchev–Trinajstić information content (AvgIpc) is 2.54. The van der Waals surface area contributed by atoms with Gasteiger partial charge in [0.15, 0.2) is 0 Å². The smallest absolute Gasteiger partial charge is 0.223 e. The first kappa shape index (κ1) is 12.4. The molecule has 1 heterocycles. The van der Waals surface area contributed by atoms with Crippen LogP contribution in [0.15, 0.2) is 0 Å². The lowest BCUT2D eigenvalue weighted by molar-refractivity contribution is -0.127. The van der Waals surface area contributed by atoms with Crippen LogP contribution in [0.2, 0.25) is 0 Å². The number of nitrogens with zero attached hydrogens (tertiary/aromatic N) is 1. The van der Waals surface area contributed by atoms with Crippen LogP contribution in [0.5, 0.6) is 0 Å². The van der Waals surface area contributed by atoms with Gasteiger partial charge in [-0.25, -0.2) is 0 Å². The molecule has 2 unspecified atom stereocenters. The summed E-state index contributed by atoms with van der Waals surface area (Å²) in [7, 11) is 0. The molecule has 3 N–H and O–H groups in total. The molecule has 0 bridgehead atoms. The Morgan fingerprint density at radius 3 is 2.93 bits per heavy atom. The van der Waals surface area contributed by atoms with Crippen LogP contribution >= 0.6 is 0 Å². The highest BCUT2D eigenvalue weighted by atomic mass is 16.3. The molecule has 0 saturated carbocycles. The summed E-state index contributed by atoms with van der Waals surface area (Å²) in [5.41, 5.74) is 0. The Bertz CT molecular complexity index is 209. The van der Waals surface area contributed by atoms with Crippen molar-refractivity contribution in [1.82, 2.24) is 10.2 Å². The second kappa shape index (κ2) is 6.05. The van der Waals surface area contributed by atoms with Crippen molar-refractivity contribution in [2.24, 2.45) is 5.92 Å². The maximum Gasteiger partial charge on any atom is 0.223 e. The van der Waals surface area contributed by atoms with E-state index in [1.165, 1.54) is 0 Å². The molecule has 1 saturated heterocycles. The molecular formula is C10H20N2O3. The van der Waals surface area contributed by atoms with Gasteiger partial charge in [0, 0.05) is 45.1 Å². The summed E-state index contributed by atoms with van der Waals surface area (Å²) in [6, 6.07) is 0. The Hall–Kier alpha value is -0.650. The van der Waals surface area contributed by atoms with Crippen molar-refractivity contribution >= 4 is 5.91 Å². The number of carbonyl (C=O) groups excluding carboxylic acids is 1. The van der Waals surface area contributed by atoms with Gasteiger partial charge in [0.05, 0.1) is 6.10 Å².